The van der Waals surface area contributed by atoms with Crippen LogP contribution in [0.15, 0.2) is 77.9 Å². The topological polar surface area (TPSA) is 42.8 Å². The third-order valence-corrected chi connectivity index (χ3v) is 6.20. The molecule has 0 aliphatic carbocycles. The summed E-state index contributed by atoms with van der Waals surface area (Å²) in [6.07, 6.45) is 1.66. The first-order valence-corrected chi connectivity index (χ1v) is 11.9. The fraction of sp³-hybridized carbons (Fsp3) is 0.148. The highest BCUT2D eigenvalue weighted by atomic mass is 35.5. The number of halogens is 3. The van der Waals surface area contributed by atoms with Gasteiger partial charge < -0.3 is 14.9 Å². The van der Waals surface area contributed by atoms with Gasteiger partial charge in [0.25, 0.3) is 0 Å². The number of fused-ring (bicyclic) bond motifs is 1. The first-order chi connectivity index (χ1) is 16.6. The fourth-order valence-corrected chi connectivity index (χ4v) is 4.38. The van der Waals surface area contributed by atoms with Crippen LogP contribution in [0, 0.1) is 0 Å². The number of nitrogens with one attached hydrogen (secondary N) is 1. The lowest BCUT2D eigenvalue weighted by Gasteiger charge is -2.15. The number of ether oxygens (including phenoxy) is 2. The van der Waals surface area contributed by atoms with Crippen molar-refractivity contribution in [2.75, 3.05) is 6.61 Å². The van der Waals surface area contributed by atoms with Gasteiger partial charge in [-0.05, 0) is 53.1 Å². The van der Waals surface area contributed by atoms with Gasteiger partial charge in [0.1, 0.15) is 6.61 Å². The summed E-state index contributed by atoms with van der Waals surface area (Å²) in [5.41, 5.74) is 5.59. The second kappa shape index (κ2) is 11.5. The van der Waals surface area contributed by atoms with E-state index in [1.807, 2.05) is 31.2 Å². The Balaban J connectivity index is 1.49. The molecular formula is C27H23Cl3N2O2. The molecule has 0 spiro atoms. The second-order valence-corrected chi connectivity index (χ2v) is 8.70. The molecule has 0 saturated carbocycles. The van der Waals surface area contributed by atoms with E-state index in [-0.39, 0.29) is 0 Å². The van der Waals surface area contributed by atoms with E-state index in [0.717, 1.165) is 27.5 Å². The molecule has 4 rings (SSSR count). The maximum Gasteiger partial charge on any atom is 0.180 e. The highest BCUT2D eigenvalue weighted by Gasteiger charge is 2.13. The number of rotatable bonds is 9. The molecule has 0 bridgehead atoms. The van der Waals surface area contributed by atoms with E-state index >= 15 is 0 Å². The average Bonchev–Trinajstić information content (AvgIpc) is 2.83. The van der Waals surface area contributed by atoms with Crippen LogP contribution in [0.5, 0.6) is 11.5 Å². The lowest BCUT2D eigenvalue weighted by molar-refractivity contribution is 0.270. The zero-order valence-corrected chi connectivity index (χ0v) is 20.8. The van der Waals surface area contributed by atoms with E-state index in [9.17, 15) is 0 Å². The minimum Gasteiger partial charge on any atom is -0.490 e. The predicted molar refractivity (Wildman–Crippen MR) is 142 cm³/mol. The fourth-order valence-electron chi connectivity index (χ4n) is 3.58. The zero-order valence-electron chi connectivity index (χ0n) is 18.5. The quantitative estimate of drug-likeness (QED) is 0.183. The van der Waals surface area contributed by atoms with Gasteiger partial charge in [0.05, 0.1) is 24.4 Å². The van der Waals surface area contributed by atoms with Crippen LogP contribution in [0.2, 0.25) is 15.1 Å². The van der Waals surface area contributed by atoms with Crippen molar-refractivity contribution in [3.05, 3.63) is 105 Å². The van der Waals surface area contributed by atoms with Crippen LogP contribution in [0.25, 0.3) is 10.8 Å². The highest BCUT2D eigenvalue weighted by molar-refractivity contribution is 6.36. The summed E-state index contributed by atoms with van der Waals surface area (Å²) in [6.45, 7) is 3.16. The largest absolute Gasteiger partial charge is 0.490 e. The zero-order chi connectivity index (χ0) is 23.9. The Bertz CT molecular complexity index is 1300. The Hall–Kier alpha value is -2.92. The molecule has 7 heteroatoms. The molecule has 0 aliphatic heterocycles. The van der Waals surface area contributed by atoms with Crippen molar-refractivity contribution in [2.45, 2.75) is 20.1 Å². The summed E-state index contributed by atoms with van der Waals surface area (Å²) in [5.74, 6) is 1.07. The number of benzene rings is 4. The van der Waals surface area contributed by atoms with Crippen LogP contribution >= 0.6 is 34.8 Å². The van der Waals surface area contributed by atoms with Crippen LogP contribution in [0.3, 0.4) is 0 Å². The lowest BCUT2D eigenvalue weighted by Crippen LogP contribution is -2.07. The molecule has 0 saturated heterocycles. The van der Waals surface area contributed by atoms with E-state index in [1.54, 1.807) is 30.5 Å². The van der Waals surface area contributed by atoms with E-state index < -0.39 is 0 Å². The monoisotopic (exact) mass is 512 g/mol. The van der Waals surface area contributed by atoms with Gasteiger partial charge >= 0.3 is 0 Å². The molecule has 4 aromatic carbocycles. The molecule has 4 nitrogen and oxygen atoms in total. The van der Waals surface area contributed by atoms with Crippen LogP contribution in [-0.2, 0) is 13.2 Å². The van der Waals surface area contributed by atoms with E-state index in [1.165, 1.54) is 0 Å². The van der Waals surface area contributed by atoms with Crippen molar-refractivity contribution < 1.29 is 9.47 Å². The first kappa shape index (κ1) is 24.2. The smallest absolute Gasteiger partial charge is 0.180 e. The standard InChI is InChI=1S/C27H23Cl3N2O2/c1-2-33-26-14-18(15-31-32-16-22-23(28)11-6-12-24(22)29)13-25(30)27(26)34-17-20-9-5-8-19-7-3-4-10-21(19)20/h3-15,32H,2,16-17H2,1H3/b31-15+. The molecule has 1 N–H and O–H groups in total. The second-order valence-electron chi connectivity index (χ2n) is 7.48. The van der Waals surface area contributed by atoms with Crippen molar-refractivity contribution in [1.82, 2.24) is 5.43 Å². The maximum absolute atomic E-state index is 6.58. The summed E-state index contributed by atoms with van der Waals surface area (Å²) in [4.78, 5) is 0. The summed E-state index contributed by atoms with van der Waals surface area (Å²) in [6, 6.07) is 23.4. The van der Waals surface area contributed by atoms with Crippen molar-refractivity contribution in [1.29, 1.82) is 0 Å². The number of hydrazone groups is 1. The molecule has 0 amide bonds. The number of nitrogens with zero attached hydrogens (tertiary/aromatic N) is 1. The first-order valence-electron chi connectivity index (χ1n) is 10.8. The normalized spacial score (nSPS) is 11.2. The molecule has 0 aliphatic rings. The third-order valence-electron chi connectivity index (χ3n) is 5.21. The summed E-state index contributed by atoms with van der Waals surface area (Å²) in [5, 5.41) is 8.20. The Morgan fingerprint density at radius 2 is 1.59 bits per heavy atom. The molecule has 0 atom stereocenters. The molecule has 34 heavy (non-hydrogen) atoms. The number of hydrogen-bond acceptors (Lipinski definition) is 4. The van der Waals surface area contributed by atoms with Gasteiger partial charge in [0, 0.05) is 15.6 Å². The Morgan fingerprint density at radius 3 is 2.38 bits per heavy atom. The molecule has 0 radical (unpaired) electrons. The van der Waals surface area contributed by atoms with Crippen LogP contribution in [0.1, 0.15) is 23.6 Å². The minimum atomic E-state index is 0.370. The molecular weight excluding hydrogens is 491 g/mol. The molecule has 4 aromatic rings. The van der Waals surface area contributed by atoms with Gasteiger partial charge in [0.2, 0.25) is 0 Å². The minimum absolute atomic E-state index is 0.370. The van der Waals surface area contributed by atoms with Crippen LogP contribution in [-0.4, -0.2) is 12.8 Å². The van der Waals surface area contributed by atoms with Gasteiger partial charge in [-0.3, -0.25) is 0 Å². The summed E-state index contributed by atoms with van der Waals surface area (Å²) < 4.78 is 11.9. The van der Waals surface area contributed by atoms with Crippen molar-refractivity contribution in [3.63, 3.8) is 0 Å². The van der Waals surface area contributed by atoms with Crippen LogP contribution < -0.4 is 14.9 Å². The van der Waals surface area contributed by atoms with Gasteiger partial charge in [0.15, 0.2) is 11.5 Å². The molecule has 0 heterocycles. The maximum atomic E-state index is 6.58. The Morgan fingerprint density at radius 1 is 0.853 bits per heavy atom. The molecule has 0 aromatic heterocycles. The van der Waals surface area contributed by atoms with E-state index in [2.05, 4.69) is 34.8 Å². The lowest BCUT2D eigenvalue weighted by atomic mass is 10.1. The van der Waals surface area contributed by atoms with Crippen molar-refractivity contribution in [2.24, 2.45) is 5.10 Å². The average molecular weight is 514 g/mol. The Kier molecular flexibility index (Phi) is 8.17. The molecule has 0 unspecified atom stereocenters. The van der Waals surface area contributed by atoms with Gasteiger partial charge in [-0.1, -0.05) is 83.3 Å². The van der Waals surface area contributed by atoms with Gasteiger partial charge in [-0.15, -0.1) is 0 Å². The third kappa shape index (κ3) is 5.76. The van der Waals surface area contributed by atoms with Gasteiger partial charge in [-0.2, -0.15) is 5.10 Å². The highest BCUT2D eigenvalue weighted by Crippen LogP contribution is 2.37. The Labute approximate surface area is 214 Å². The van der Waals surface area contributed by atoms with E-state index in [0.29, 0.717) is 46.3 Å². The predicted octanol–water partition coefficient (Wildman–Crippen LogP) is 7.90. The van der Waals surface area contributed by atoms with Crippen molar-refractivity contribution >= 4 is 51.8 Å². The van der Waals surface area contributed by atoms with Crippen LogP contribution in [0.4, 0.5) is 0 Å². The van der Waals surface area contributed by atoms with Gasteiger partial charge in [-0.25, -0.2) is 0 Å². The van der Waals surface area contributed by atoms with E-state index in [4.69, 9.17) is 44.3 Å². The van der Waals surface area contributed by atoms with Crippen molar-refractivity contribution in [3.8, 4) is 11.5 Å². The summed E-state index contributed by atoms with van der Waals surface area (Å²) >= 11 is 19.0. The molecule has 0 fully saturated rings. The molecule has 174 valence electrons. The SMILES string of the molecule is CCOc1cc(/C=N/NCc2c(Cl)cccc2Cl)cc(Cl)c1OCc1cccc2ccccc12. The summed E-state index contributed by atoms with van der Waals surface area (Å²) in [7, 11) is 0. The number of hydrogen-bond donors (Lipinski definition) is 1.